The van der Waals surface area contributed by atoms with Gasteiger partial charge in [-0.25, -0.2) is 4.39 Å². The molecule has 2 aromatic rings. The van der Waals surface area contributed by atoms with Crippen molar-refractivity contribution in [3.05, 3.63) is 63.9 Å². The molecule has 0 bridgehead atoms. The Morgan fingerprint density at radius 3 is 2.68 bits per heavy atom. The van der Waals surface area contributed by atoms with Crippen molar-refractivity contribution in [1.29, 1.82) is 0 Å². The van der Waals surface area contributed by atoms with Gasteiger partial charge in [-0.15, -0.1) is 0 Å². The molecule has 0 radical (unpaired) electrons. The molecule has 2 aromatic carbocycles. The first-order valence-corrected chi connectivity index (χ1v) is 6.43. The Labute approximate surface area is 118 Å². The summed E-state index contributed by atoms with van der Waals surface area (Å²) in [6, 6.07) is 11.3. The van der Waals surface area contributed by atoms with E-state index in [4.69, 9.17) is 5.73 Å². The standard InChI is InChI=1S/C14H12BrFN2O/c15-13-4-2-1-3-9(13)8-18-14(19)10-5-11(16)7-12(17)6-10/h1-7H,8,17H2,(H,18,19). The molecule has 3 nitrogen and oxygen atoms in total. The highest BCUT2D eigenvalue weighted by Gasteiger charge is 2.08. The molecule has 0 unspecified atom stereocenters. The first kappa shape index (κ1) is 13.5. The number of halogens is 2. The molecule has 0 aliphatic rings. The summed E-state index contributed by atoms with van der Waals surface area (Å²) in [6.45, 7) is 0.358. The Morgan fingerprint density at radius 1 is 1.26 bits per heavy atom. The van der Waals surface area contributed by atoms with Gasteiger partial charge in [0.15, 0.2) is 0 Å². The smallest absolute Gasteiger partial charge is 0.251 e. The van der Waals surface area contributed by atoms with Crippen LogP contribution in [-0.2, 0) is 6.54 Å². The fraction of sp³-hybridized carbons (Fsp3) is 0.0714. The van der Waals surface area contributed by atoms with E-state index in [1.165, 1.54) is 12.1 Å². The van der Waals surface area contributed by atoms with Crippen molar-refractivity contribution in [2.24, 2.45) is 0 Å². The van der Waals surface area contributed by atoms with Gasteiger partial charge >= 0.3 is 0 Å². The van der Waals surface area contributed by atoms with Gasteiger partial charge in [-0.3, -0.25) is 4.79 Å². The number of nitrogen functional groups attached to an aromatic ring is 1. The molecule has 0 fully saturated rings. The molecule has 3 N–H and O–H groups in total. The molecule has 1 amide bonds. The van der Waals surface area contributed by atoms with E-state index in [2.05, 4.69) is 21.2 Å². The number of carbonyl (C=O) groups excluding carboxylic acids is 1. The van der Waals surface area contributed by atoms with E-state index in [0.717, 1.165) is 16.1 Å². The maximum Gasteiger partial charge on any atom is 0.251 e. The number of anilines is 1. The highest BCUT2D eigenvalue weighted by Crippen LogP contribution is 2.16. The lowest BCUT2D eigenvalue weighted by Crippen LogP contribution is -2.23. The minimum absolute atomic E-state index is 0.213. The van der Waals surface area contributed by atoms with Crippen LogP contribution in [0.4, 0.5) is 10.1 Å². The Morgan fingerprint density at radius 2 is 2.00 bits per heavy atom. The van der Waals surface area contributed by atoms with Gasteiger partial charge in [-0.2, -0.15) is 0 Å². The molecule has 0 spiro atoms. The van der Waals surface area contributed by atoms with Crippen molar-refractivity contribution < 1.29 is 9.18 Å². The molecule has 2 rings (SSSR count). The lowest BCUT2D eigenvalue weighted by molar-refractivity contribution is 0.0950. The molecule has 0 aliphatic carbocycles. The van der Waals surface area contributed by atoms with E-state index in [0.29, 0.717) is 6.54 Å². The third-order valence-electron chi connectivity index (χ3n) is 2.58. The number of nitrogens with one attached hydrogen (secondary N) is 1. The molecule has 0 aliphatic heterocycles. The van der Waals surface area contributed by atoms with Crippen LogP contribution in [0.25, 0.3) is 0 Å². The quantitative estimate of drug-likeness (QED) is 0.853. The lowest BCUT2D eigenvalue weighted by Gasteiger charge is -2.07. The predicted octanol–water partition coefficient (Wildman–Crippen LogP) is 3.10. The average Bonchev–Trinajstić information content (AvgIpc) is 2.36. The second-order valence-corrected chi connectivity index (χ2v) is 4.90. The van der Waals surface area contributed by atoms with Crippen LogP contribution >= 0.6 is 15.9 Å². The van der Waals surface area contributed by atoms with E-state index >= 15 is 0 Å². The maximum absolute atomic E-state index is 13.1. The van der Waals surface area contributed by atoms with Gasteiger partial charge < -0.3 is 11.1 Å². The van der Waals surface area contributed by atoms with Gasteiger partial charge in [-0.1, -0.05) is 34.1 Å². The van der Waals surface area contributed by atoms with Crippen LogP contribution in [0.1, 0.15) is 15.9 Å². The Kier molecular flexibility index (Phi) is 4.16. The second-order valence-electron chi connectivity index (χ2n) is 4.05. The van der Waals surface area contributed by atoms with Gasteiger partial charge in [-0.05, 0) is 29.8 Å². The SMILES string of the molecule is Nc1cc(F)cc(C(=O)NCc2ccccc2Br)c1. The minimum atomic E-state index is -0.522. The highest BCUT2D eigenvalue weighted by atomic mass is 79.9. The summed E-state index contributed by atoms with van der Waals surface area (Å²) in [5.41, 5.74) is 6.89. The summed E-state index contributed by atoms with van der Waals surface area (Å²) in [5, 5.41) is 2.72. The van der Waals surface area contributed by atoms with Crippen molar-refractivity contribution >= 4 is 27.5 Å². The van der Waals surface area contributed by atoms with Gasteiger partial charge in [0, 0.05) is 22.3 Å². The number of rotatable bonds is 3. The number of carbonyl (C=O) groups is 1. The zero-order valence-corrected chi connectivity index (χ0v) is 11.6. The molecule has 0 saturated heterocycles. The third-order valence-corrected chi connectivity index (χ3v) is 3.35. The summed E-state index contributed by atoms with van der Waals surface area (Å²) in [7, 11) is 0. The largest absolute Gasteiger partial charge is 0.399 e. The first-order valence-electron chi connectivity index (χ1n) is 5.64. The first-order chi connectivity index (χ1) is 9.06. The van der Waals surface area contributed by atoms with Crippen molar-refractivity contribution in [3.8, 4) is 0 Å². The topological polar surface area (TPSA) is 55.1 Å². The molecule has 98 valence electrons. The van der Waals surface area contributed by atoms with Crippen LogP contribution in [0.15, 0.2) is 46.9 Å². The fourth-order valence-corrected chi connectivity index (χ4v) is 2.09. The molecular weight excluding hydrogens is 311 g/mol. The summed E-state index contributed by atoms with van der Waals surface area (Å²) < 4.78 is 14.1. The summed E-state index contributed by atoms with van der Waals surface area (Å²) in [5.74, 6) is -0.881. The molecule has 0 atom stereocenters. The van der Waals surface area contributed by atoms with E-state index in [9.17, 15) is 9.18 Å². The van der Waals surface area contributed by atoms with Crippen LogP contribution in [0.3, 0.4) is 0 Å². The lowest BCUT2D eigenvalue weighted by atomic mass is 10.1. The van der Waals surface area contributed by atoms with Crippen molar-refractivity contribution in [3.63, 3.8) is 0 Å². The minimum Gasteiger partial charge on any atom is -0.399 e. The highest BCUT2D eigenvalue weighted by molar-refractivity contribution is 9.10. The predicted molar refractivity (Wildman–Crippen MR) is 76.1 cm³/mol. The van der Waals surface area contributed by atoms with Gasteiger partial charge in [0.05, 0.1) is 0 Å². The Hall–Kier alpha value is -1.88. The summed E-state index contributed by atoms with van der Waals surface area (Å²) in [4.78, 5) is 11.9. The van der Waals surface area contributed by atoms with Gasteiger partial charge in [0.2, 0.25) is 0 Å². The number of hydrogen-bond acceptors (Lipinski definition) is 2. The molecular formula is C14H12BrFN2O. The van der Waals surface area contributed by atoms with E-state index in [-0.39, 0.29) is 17.2 Å². The second kappa shape index (κ2) is 5.84. The molecule has 19 heavy (non-hydrogen) atoms. The van der Waals surface area contributed by atoms with Gasteiger partial charge in [0.1, 0.15) is 5.82 Å². The van der Waals surface area contributed by atoms with Crippen LogP contribution in [0, 0.1) is 5.82 Å². The molecule has 0 saturated carbocycles. The maximum atomic E-state index is 13.1. The Bertz CT molecular complexity index is 596. The number of nitrogens with two attached hydrogens (primary N) is 1. The van der Waals surface area contributed by atoms with Crippen LogP contribution in [0.2, 0.25) is 0 Å². The fourth-order valence-electron chi connectivity index (χ4n) is 1.66. The van der Waals surface area contributed by atoms with Gasteiger partial charge in [0.25, 0.3) is 5.91 Å². The van der Waals surface area contributed by atoms with Crippen LogP contribution < -0.4 is 11.1 Å². The van der Waals surface area contributed by atoms with Crippen LogP contribution in [0.5, 0.6) is 0 Å². The summed E-state index contributed by atoms with van der Waals surface area (Å²) in [6.07, 6.45) is 0. The molecule has 5 heteroatoms. The average molecular weight is 323 g/mol. The zero-order valence-electron chi connectivity index (χ0n) is 9.99. The number of benzene rings is 2. The van der Waals surface area contributed by atoms with E-state index < -0.39 is 5.82 Å². The van der Waals surface area contributed by atoms with Crippen molar-refractivity contribution in [2.75, 3.05) is 5.73 Å². The van der Waals surface area contributed by atoms with Crippen molar-refractivity contribution in [1.82, 2.24) is 5.32 Å². The number of amides is 1. The number of hydrogen-bond donors (Lipinski definition) is 2. The van der Waals surface area contributed by atoms with E-state index in [1.54, 1.807) is 0 Å². The normalized spacial score (nSPS) is 10.2. The Balaban J connectivity index is 2.08. The molecule has 0 heterocycles. The monoisotopic (exact) mass is 322 g/mol. The summed E-state index contributed by atoms with van der Waals surface area (Å²) >= 11 is 3.39. The van der Waals surface area contributed by atoms with Crippen LogP contribution in [-0.4, -0.2) is 5.91 Å². The zero-order chi connectivity index (χ0) is 13.8. The molecule has 0 aromatic heterocycles. The van der Waals surface area contributed by atoms with E-state index in [1.807, 2.05) is 24.3 Å². The van der Waals surface area contributed by atoms with Crippen molar-refractivity contribution in [2.45, 2.75) is 6.54 Å². The third kappa shape index (κ3) is 3.54.